The van der Waals surface area contributed by atoms with Crippen LogP contribution in [0.3, 0.4) is 0 Å². The summed E-state index contributed by atoms with van der Waals surface area (Å²) < 4.78 is 0. The van der Waals surface area contributed by atoms with Crippen LogP contribution in [0.15, 0.2) is 30.3 Å². The zero-order valence-electron chi connectivity index (χ0n) is 9.48. The molecule has 19 heavy (non-hydrogen) atoms. The summed E-state index contributed by atoms with van der Waals surface area (Å²) in [6, 6.07) is 8.57. The van der Waals surface area contributed by atoms with Crippen molar-refractivity contribution in [3.05, 3.63) is 61.0 Å². The monoisotopic (exact) mass is 353 g/mol. The Balaban J connectivity index is 2.19. The summed E-state index contributed by atoms with van der Waals surface area (Å²) in [6.45, 7) is 0.501. The molecule has 1 N–H and O–H groups in total. The zero-order chi connectivity index (χ0) is 14.0. The van der Waals surface area contributed by atoms with Gasteiger partial charge in [0, 0.05) is 21.6 Å². The highest BCUT2D eigenvalue weighted by molar-refractivity contribution is 6.41. The Morgan fingerprint density at radius 1 is 0.684 bits per heavy atom. The Morgan fingerprint density at radius 3 is 1.68 bits per heavy atom. The number of rotatable bonds is 3. The summed E-state index contributed by atoms with van der Waals surface area (Å²) in [5, 5.41) is 5.72. The van der Waals surface area contributed by atoms with Gasteiger partial charge < -0.3 is 5.32 Å². The minimum absolute atomic E-state index is 0.464. The summed E-state index contributed by atoms with van der Waals surface area (Å²) in [5.74, 6) is 0. The third-order valence-electron chi connectivity index (χ3n) is 2.40. The smallest absolute Gasteiger partial charge is 0.0722 e. The van der Waals surface area contributed by atoms with E-state index in [0.717, 1.165) is 5.56 Å². The van der Waals surface area contributed by atoms with E-state index in [1.165, 1.54) is 0 Å². The highest BCUT2D eigenvalue weighted by Crippen LogP contribution is 2.34. The van der Waals surface area contributed by atoms with Crippen molar-refractivity contribution in [3.8, 4) is 0 Å². The summed E-state index contributed by atoms with van der Waals surface area (Å²) in [4.78, 5) is 0. The van der Waals surface area contributed by atoms with Gasteiger partial charge in [-0.1, -0.05) is 58.0 Å². The molecule has 0 unspecified atom stereocenters. The third-order valence-corrected chi connectivity index (χ3v) is 3.65. The minimum atomic E-state index is 0.464. The first-order chi connectivity index (χ1) is 8.95. The van der Waals surface area contributed by atoms with E-state index < -0.39 is 0 Å². The van der Waals surface area contributed by atoms with Crippen LogP contribution in [0.4, 0.5) is 5.69 Å². The molecule has 2 aromatic rings. The highest BCUT2D eigenvalue weighted by atomic mass is 35.5. The first kappa shape index (κ1) is 15.1. The van der Waals surface area contributed by atoms with Crippen molar-refractivity contribution < 1.29 is 0 Å². The predicted molar refractivity (Wildman–Crippen MR) is 85.3 cm³/mol. The van der Waals surface area contributed by atoms with Crippen molar-refractivity contribution in [2.24, 2.45) is 0 Å². The van der Waals surface area contributed by atoms with Gasteiger partial charge in [-0.2, -0.15) is 0 Å². The Morgan fingerprint density at radius 2 is 1.16 bits per heavy atom. The van der Waals surface area contributed by atoms with E-state index in [0.29, 0.717) is 37.3 Å². The molecule has 0 aliphatic rings. The Hall–Kier alpha value is -0.310. The van der Waals surface area contributed by atoms with E-state index in [1.54, 1.807) is 18.2 Å². The molecule has 0 atom stereocenters. The summed E-state index contributed by atoms with van der Waals surface area (Å²) in [5.41, 5.74) is 1.56. The quantitative estimate of drug-likeness (QED) is 0.657. The maximum atomic E-state index is 6.08. The molecule has 0 saturated carbocycles. The number of halogens is 5. The van der Waals surface area contributed by atoms with Crippen LogP contribution >= 0.6 is 58.0 Å². The topological polar surface area (TPSA) is 12.0 Å². The largest absolute Gasteiger partial charge is 0.379 e. The van der Waals surface area contributed by atoms with Gasteiger partial charge in [0.15, 0.2) is 0 Å². The van der Waals surface area contributed by atoms with Crippen LogP contribution in [0.25, 0.3) is 0 Å². The maximum Gasteiger partial charge on any atom is 0.0722 e. The van der Waals surface area contributed by atoms with Gasteiger partial charge in [-0.3, -0.25) is 0 Å². The van der Waals surface area contributed by atoms with Crippen molar-refractivity contribution in [2.45, 2.75) is 6.54 Å². The average molecular weight is 355 g/mol. The van der Waals surface area contributed by atoms with E-state index in [-0.39, 0.29) is 0 Å². The van der Waals surface area contributed by atoms with Crippen LogP contribution < -0.4 is 5.32 Å². The molecule has 2 rings (SSSR count). The molecule has 0 aromatic heterocycles. The summed E-state index contributed by atoms with van der Waals surface area (Å²) >= 11 is 29.9. The zero-order valence-corrected chi connectivity index (χ0v) is 13.3. The molecule has 0 spiro atoms. The molecule has 0 saturated heterocycles. The van der Waals surface area contributed by atoms with E-state index >= 15 is 0 Å². The fraction of sp³-hybridized carbons (Fsp3) is 0.0769. The van der Waals surface area contributed by atoms with Crippen molar-refractivity contribution >= 4 is 63.7 Å². The van der Waals surface area contributed by atoms with Gasteiger partial charge in [0.2, 0.25) is 0 Å². The van der Waals surface area contributed by atoms with E-state index in [1.807, 2.05) is 12.1 Å². The predicted octanol–water partition coefficient (Wildman–Crippen LogP) is 6.57. The summed E-state index contributed by atoms with van der Waals surface area (Å²) in [6.07, 6.45) is 0. The molecule has 0 bridgehead atoms. The molecule has 0 heterocycles. The normalized spacial score (nSPS) is 10.6. The van der Waals surface area contributed by atoms with Crippen LogP contribution in [0.5, 0.6) is 0 Å². The average Bonchev–Trinajstić information content (AvgIpc) is 2.25. The van der Waals surface area contributed by atoms with Crippen LogP contribution in [0.1, 0.15) is 5.56 Å². The fourth-order valence-corrected chi connectivity index (χ4v) is 3.14. The highest BCUT2D eigenvalue weighted by Gasteiger charge is 2.08. The second kappa shape index (κ2) is 6.43. The van der Waals surface area contributed by atoms with Gasteiger partial charge in [-0.15, -0.1) is 0 Å². The van der Waals surface area contributed by atoms with Crippen molar-refractivity contribution in [3.63, 3.8) is 0 Å². The molecule has 0 aliphatic carbocycles. The molecule has 0 radical (unpaired) electrons. The molecule has 6 heteroatoms. The Kier molecular flexibility index (Phi) is 5.10. The van der Waals surface area contributed by atoms with E-state index in [4.69, 9.17) is 58.0 Å². The van der Waals surface area contributed by atoms with E-state index in [2.05, 4.69) is 5.32 Å². The second-order valence-electron chi connectivity index (χ2n) is 3.88. The van der Waals surface area contributed by atoms with Crippen molar-refractivity contribution in [1.82, 2.24) is 0 Å². The first-order valence-corrected chi connectivity index (χ1v) is 7.18. The third kappa shape index (κ3) is 4.08. The lowest BCUT2D eigenvalue weighted by molar-refractivity contribution is 1.15. The minimum Gasteiger partial charge on any atom is -0.379 e. The van der Waals surface area contributed by atoms with Gasteiger partial charge in [0.25, 0.3) is 0 Å². The standard InChI is InChI=1S/C13H8Cl5N/c14-8-1-7(2-9(15)3-8)6-19-13-11(17)4-10(16)5-12(13)18/h1-5,19H,6H2. The molecule has 1 nitrogen and oxygen atoms in total. The van der Waals surface area contributed by atoms with Crippen LogP contribution in [-0.4, -0.2) is 0 Å². The van der Waals surface area contributed by atoms with Crippen LogP contribution in [0.2, 0.25) is 25.1 Å². The molecular weight excluding hydrogens is 347 g/mol. The van der Waals surface area contributed by atoms with Gasteiger partial charge in [-0.25, -0.2) is 0 Å². The second-order valence-corrected chi connectivity index (χ2v) is 6.00. The lowest BCUT2D eigenvalue weighted by Crippen LogP contribution is -2.00. The molecule has 100 valence electrons. The number of hydrogen-bond acceptors (Lipinski definition) is 1. The van der Waals surface area contributed by atoms with E-state index in [9.17, 15) is 0 Å². The van der Waals surface area contributed by atoms with Crippen molar-refractivity contribution in [1.29, 1.82) is 0 Å². The SMILES string of the molecule is Clc1cc(Cl)cc(CNc2c(Cl)cc(Cl)cc2Cl)c1. The maximum absolute atomic E-state index is 6.08. The molecule has 2 aromatic carbocycles. The molecule has 0 fully saturated rings. The Labute approximate surface area is 136 Å². The Bertz CT molecular complexity index is 569. The number of hydrogen-bond donors (Lipinski definition) is 1. The fourth-order valence-electron chi connectivity index (χ4n) is 1.61. The van der Waals surface area contributed by atoms with Gasteiger partial charge in [0.05, 0.1) is 15.7 Å². The van der Waals surface area contributed by atoms with Gasteiger partial charge >= 0.3 is 0 Å². The van der Waals surface area contributed by atoms with Crippen LogP contribution in [0, 0.1) is 0 Å². The summed E-state index contributed by atoms with van der Waals surface area (Å²) in [7, 11) is 0. The number of benzene rings is 2. The van der Waals surface area contributed by atoms with Crippen molar-refractivity contribution in [2.75, 3.05) is 5.32 Å². The molecule has 0 aliphatic heterocycles. The van der Waals surface area contributed by atoms with Gasteiger partial charge in [-0.05, 0) is 35.9 Å². The first-order valence-electron chi connectivity index (χ1n) is 5.29. The molecular formula is C13H8Cl5N. The van der Waals surface area contributed by atoms with Gasteiger partial charge in [0.1, 0.15) is 0 Å². The lowest BCUT2D eigenvalue weighted by atomic mass is 10.2. The molecule has 0 amide bonds. The number of anilines is 1. The number of nitrogens with one attached hydrogen (secondary N) is 1. The lowest BCUT2D eigenvalue weighted by Gasteiger charge is -2.11. The van der Waals surface area contributed by atoms with Crippen LogP contribution in [-0.2, 0) is 6.54 Å².